The third-order valence-electron chi connectivity index (χ3n) is 3.68. The predicted octanol–water partition coefficient (Wildman–Crippen LogP) is 4.26. The lowest BCUT2D eigenvalue weighted by Gasteiger charge is -2.12. The molecule has 0 aromatic heterocycles. The maximum atomic E-state index is 6.00. The van der Waals surface area contributed by atoms with Gasteiger partial charge in [-0.2, -0.15) is 0 Å². The monoisotopic (exact) mass is 469 g/mol. The van der Waals surface area contributed by atoms with Crippen molar-refractivity contribution in [2.45, 2.75) is 26.8 Å². The second kappa shape index (κ2) is 11.7. The summed E-state index contributed by atoms with van der Waals surface area (Å²) < 4.78 is 10.9. The Kier molecular flexibility index (Phi) is 10.0. The summed E-state index contributed by atoms with van der Waals surface area (Å²) in [5.41, 5.74) is 10.3. The van der Waals surface area contributed by atoms with E-state index in [4.69, 9.17) is 15.2 Å². The zero-order valence-corrected chi connectivity index (χ0v) is 17.9. The first-order chi connectivity index (χ1) is 12.1. The van der Waals surface area contributed by atoms with E-state index in [1.807, 2.05) is 50.2 Å². The molecule has 2 aromatic carbocycles. The molecule has 0 saturated carbocycles. The zero-order valence-electron chi connectivity index (χ0n) is 15.6. The number of aryl methyl sites for hydroxylation is 2. The number of ether oxygens (including phenoxy) is 2. The Balaban J connectivity index is 0.00000338. The predicted molar refractivity (Wildman–Crippen MR) is 119 cm³/mol. The van der Waals surface area contributed by atoms with Crippen LogP contribution in [0.3, 0.4) is 0 Å². The lowest BCUT2D eigenvalue weighted by atomic mass is 10.1. The molecule has 0 fully saturated rings. The fraction of sp³-hybridized carbons (Fsp3) is 0.350. The molecular weight excluding hydrogens is 441 g/mol. The standard InChI is InChI=1S/C20H27N3O2.HI/c1-15-6-4-7-18(12-15)23-20(21)22-14-17-9-8-16(2)13-19(17)25-11-5-10-24-3;/h4,6-9,12-13H,5,10-11,14H2,1-3H3,(H3,21,22,23);1H. The number of benzene rings is 2. The summed E-state index contributed by atoms with van der Waals surface area (Å²) in [6, 6.07) is 14.1. The van der Waals surface area contributed by atoms with Gasteiger partial charge in [0.05, 0.1) is 13.2 Å². The van der Waals surface area contributed by atoms with E-state index in [1.165, 1.54) is 5.56 Å². The van der Waals surface area contributed by atoms with E-state index >= 15 is 0 Å². The zero-order chi connectivity index (χ0) is 18.1. The fourth-order valence-electron chi connectivity index (χ4n) is 2.39. The number of methoxy groups -OCH3 is 1. The van der Waals surface area contributed by atoms with Crippen LogP contribution in [0.4, 0.5) is 5.69 Å². The van der Waals surface area contributed by atoms with Crippen molar-refractivity contribution in [3.05, 3.63) is 59.2 Å². The van der Waals surface area contributed by atoms with Gasteiger partial charge in [0.15, 0.2) is 5.96 Å². The molecule has 6 heteroatoms. The third kappa shape index (κ3) is 7.61. The lowest BCUT2D eigenvalue weighted by Crippen LogP contribution is -2.22. The van der Waals surface area contributed by atoms with Gasteiger partial charge in [-0.25, -0.2) is 4.99 Å². The van der Waals surface area contributed by atoms with Crippen LogP contribution >= 0.6 is 24.0 Å². The number of nitrogens with one attached hydrogen (secondary N) is 1. The van der Waals surface area contributed by atoms with Crippen LogP contribution < -0.4 is 15.8 Å². The van der Waals surface area contributed by atoms with Gasteiger partial charge in [-0.3, -0.25) is 0 Å². The summed E-state index contributed by atoms with van der Waals surface area (Å²) >= 11 is 0. The van der Waals surface area contributed by atoms with Gasteiger partial charge in [-0.15, -0.1) is 24.0 Å². The van der Waals surface area contributed by atoms with Crippen LogP contribution in [-0.4, -0.2) is 26.3 Å². The summed E-state index contributed by atoms with van der Waals surface area (Å²) in [5, 5.41) is 3.11. The highest BCUT2D eigenvalue weighted by Gasteiger charge is 2.05. The van der Waals surface area contributed by atoms with Crippen molar-refractivity contribution in [2.75, 3.05) is 25.6 Å². The second-order valence-electron chi connectivity index (χ2n) is 6.00. The minimum Gasteiger partial charge on any atom is -0.493 e. The molecule has 0 bridgehead atoms. The number of halogens is 1. The number of nitrogens with zero attached hydrogens (tertiary/aromatic N) is 1. The van der Waals surface area contributed by atoms with E-state index in [9.17, 15) is 0 Å². The molecule has 0 atom stereocenters. The Bertz CT molecular complexity index is 720. The van der Waals surface area contributed by atoms with Crippen molar-refractivity contribution in [1.82, 2.24) is 0 Å². The van der Waals surface area contributed by atoms with Gasteiger partial charge in [-0.1, -0.05) is 24.3 Å². The summed E-state index contributed by atoms with van der Waals surface area (Å²) in [5.74, 6) is 1.24. The summed E-state index contributed by atoms with van der Waals surface area (Å²) in [6.07, 6.45) is 0.851. The minimum atomic E-state index is 0. The van der Waals surface area contributed by atoms with Crippen molar-refractivity contribution in [3.63, 3.8) is 0 Å². The van der Waals surface area contributed by atoms with Crippen LogP contribution in [0.5, 0.6) is 5.75 Å². The van der Waals surface area contributed by atoms with Crippen LogP contribution in [0.2, 0.25) is 0 Å². The van der Waals surface area contributed by atoms with E-state index in [0.29, 0.717) is 25.7 Å². The molecular formula is C20H28IN3O2. The highest BCUT2D eigenvalue weighted by Crippen LogP contribution is 2.21. The van der Waals surface area contributed by atoms with Gasteiger partial charge in [0.2, 0.25) is 0 Å². The molecule has 0 spiro atoms. The summed E-state index contributed by atoms with van der Waals surface area (Å²) in [6.45, 7) is 5.85. The van der Waals surface area contributed by atoms with Crippen LogP contribution in [0.1, 0.15) is 23.1 Å². The Hall–Kier alpha value is -1.80. The van der Waals surface area contributed by atoms with E-state index in [-0.39, 0.29) is 24.0 Å². The Morgan fingerprint density at radius 3 is 2.58 bits per heavy atom. The van der Waals surface area contributed by atoms with Crippen molar-refractivity contribution >= 4 is 35.6 Å². The normalized spacial score (nSPS) is 11.0. The highest BCUT2D eigenvalue weighted by atomic mass is 127. The average Bonchev–Trinajstić information content (AvgIpc) is 2.58. The SMILES string of the molecule is COCCCOc1cc(C)ccc1CN=C(N)Nc1cccc(C)c1.I. The quantitative estimate of drug-likeness (QED) is 0.262. The molecule has 2 aromatic rings. The Morgan fingerprint density at radius 1 is 1.08 bits per heavy atom. The summed E-state index contributed by atoms with van der Waals surface area (Å²) in [7, 11) is 1.69. The molecule has 3 N–H and O–H groups in total. The lowest BCUT2D eigenvalue weighted by molar-refractivity contribution is 0.172. The Labute approximate surface area is 173 Å². The number of rotatable bonds is 8. The number of guanidine groups is 1. The smallest absolute Gasteiger partial charge is 0.193 e. The second-order valence-corrected chi connectivity index (χ2v) is 6.00. The van der Waals surface area contributed by atoms with Gasteiger partial charge in [0, 0.05) is 31.4 Å². The first-order valence-electron chi connectivity index (χ1n) is 8.43. The van der Waals surface area contributed by atoms with Gasteiger partial charge in [0.1, 0.15) is 5.75 Å². The number of hydrogen-bond acceptors (Lipinski definition) is 3. The highest BCUT2D eigenvalue weighted by molar-refractivity contribution is 14.0. The van der Waals surface area contributed by atoms with Crippen LogP contribution in [0, 0.1) is 13.8 Å². The molecule has 0 amide bonds. The van der Waals surface area contributed by atoms with Crippen LogP contribution in [-0.2, 0) is 11.3 Å². The Morgan fingerprint density at radius 2 is 1.85 bits per heavy atom. The van der Waals surface area contributed by atoms with Crippen molar-refractivity contribution in [2.24, 2.45) is 10.7 Å². The van der Waals surface area contributed by atoms with Gasteiger partial charge in [-0.05, 0) is 43.2 Å². The van der Waals surface area contributed by atoms with Gasteiger partial charge >= 0.3 is 0 Å². The molecule has 142 valence electrons. The molecule has 5 nitrogen and oxygen atoms in total. The molecule has 2 rings (SSSR count). The number of hydrogen-bond donors (Lipinski definition) is 2. The maximum absolute atomic E-state index is 6.00. The maximum Gasteiger partial charge on any atom is 0.193 e. The first-order valence-corrected chi connectivity index (χ1v) is 8.43. The van der Waals surface area contributed by atoms with E-state index in [2.05, 4.69) is 16.4 Å². The molecule has 0 saturated heterocycles. The molecule has 0 aliphatic heterocycles. The first kappa shape index (κ1) is 22.2. The molecule has 0 heterocycles. The topological polar surface area (TPSA) is 68.9 Å². The van der Waals surface area contributed by atoms with E-state index in [0.717, 1.165) is 29.0 Å². The summed E-state index contributed by atoms with van der Waals surface area (Å²) in [4.78, 5) is 4.43. The largest absolute Gasteiger partial charge is 0.493 e. The minimum absolute atomic E-state index is 0. The average molecular weight is 469 g/mol. The van der Waals surface area contributed by atoms with Gasteiger partial charge in [0.25, 0.3) is 0 Å². The van der Waals surface area contributed by atoms with Crippen LogP contribution in [0.15, 0.2) is 47.5 Å². The third-order valence-corrected chi connectivity index (χ3v) is 3.68. The molecule has 0 unspecified atom stereocenters. The van der Waals surface area contributed by atoms with Gasteiger partial charge < -0.3 is 20.5 Å². The van der Waals surface area contributed by atoms with Crippen molar-refractivity contribution in [1.29, 1.82) is 0 Å². The number of aliphatic imine (C=N–C) groups is 1. The van der Waals surface area contributed by atoms with E-state index < -0.39 is 0 Å². The number of nitrogens with two attached hydrogens (primary N) is 1. The molecule has 0 radical (unpaired) electrons. The number of anilines is 1. The molecule has 0 aliphatic rings. The van der Waals surface area contributed by atoms with Crippen LogP contribution in [0.25, 0.3) is 0 Å². The van der Waals surface area contributed by atoms with Crippen molar-refractivity contribution < 1.29 is 9.47 Å². The van der Waals surface area contributed by atoms with Crippen molar-refractivity contribution in [3.8, 4) is 5.75 Å². The van der Waals surface area contributed by atoms with E-state index in [1.54, 1.807) is 7.11 Å². The molecule has 0 aliphatic carbocycles. The molecule has 26 heavy (non-hydrogen) atoms. The fourth-order valence-corrected chi connectivity index (χ4v) is 2.39.